The summed E-state index contributed by atoms with van der Waals surface area (Å²) in [5.74, 6) is 0.386. The van der Waals surface area contributed by atoms with E-state index in [1.807, 2.05) is 17.5 Å². The van der Waals surface area contributed by atoms with Crippen LogP contribution in [0.25, 0.3) is 21.7 Å². The fourth-order valence-electron chi connectivity index (χ4n) is 3.98. The third-order valence-electron chi connectivity index (χ3n) is 5.69. The lowest BCUT2D eigenvalue weighted by atomic mass is 10.1. The van der Waals surface area contributed by atoms with Crippen molar-refractivity contribution in [2.24, 2.45) is 0 Å². The van der Waals surface area contributed by atoms with Crippen molar-refractivity contribution in [2.75, 3.05) is 17.4 Å². The van der Waals surface area contributed by atoms with Gasteiger partial charge in [0.25, 0.3) is 17.5 Å². The Balaban J connectivity index is 1.31. The Hall–Kier alpha value is -4.70. The highest BCUT2D eigenvalue weighted by Crippen LogP contribution is 2.35. The number of ether oxygens (including phenoxy) is 2. The molecule has 2 amide bonds. The first kappa shape index (κ1) is 21.8. The zero-order valence-corrected chi connectivity index (χ0v) is 19.7. The molecule has 0 saturated carbocycles. The summed E-state index contributed by atoms with van der Waals surface area (Å²) in [6.07, 6.45) is 0. The Morgan fingerprint density at radius 2 is 1.75 bits per heavy atom. The van der Waals surface area contributed by atoms with E-state index >= 15 is 0 Å². The Bertz CT molecular complexity index is 1630. The number of fused-ring (bicyclic) bond motifs is 2. The van der Waals surface area contributed by atoms with Gasteiger partial charge in [0.05, 0.1) is 38.5 Å². The molecule has 0 saturated heterocycles. The number of anilines is 2. The minimum atomic E-state index is -0.408. The van der Waals surface area contributed by atoms with Gasteiger partial charge < -0.3 is 24.6 Å². The molecular formula is C26H18N4O5S. The van der Waals surface area contributed by atoms with Crippen molar-refractivity contribution in [1.29, 1.82) is 0 Å². The van der Waals surface area contributed by atoms with Gasteiger partial charge in [0.1, 0.15) is 0 Å². The molecule has 0 spiro atoms. The highest BCUT2D eigenvalue weighted by atomic mass is 32.1. The molecule has 178 valence electrons. The number of nitrogens with zero attached hydrogens (tertiary/aromatic N) is 2. The van der Waals surface area contributed by atoms with E-state index in [4.69, 9.17) is 14.0 Å². The molecule has 9 nitrogen and oxygen atoms in total. The van der Waals surface area contributed by atoms with Gasteiger partial charge in [-0.15, -0.1) is 11.3 Å². The first-order valence-corrected chi connectivity index (χ1v) is 11.9. The summed E-state index contributed by atoms with van der Waals surface area (Å²) in [5.41, 5.74) is 2.99. The molecule has 0 radical (unpaired) electrons. The zero-order valence-electron chi connectivity index (χ0n) is 18.9. The van der Waals surface area contributed by atoms with E-state index in [0.717, 1.165) is 4.88 Å². The lowest BCUT2D eigenvalue weighted by molar-refractivity contribution is 0.102. The second kappa shape index (κ2) is 8.82. The number of para-hydroxylation sites is 1. The first-order chi connectivity index (χ1) is 17.6. The predicted molar refractivity (Wildman–Crippen MR) is 135 cm³/mol. The Kier molecular flexibility index (Phi) is 5.34. The number of hydrogen-bond donors (Lipinski definition) is 2. The second-order valence-electron chi connectivity index (χ2n) is 8.00. The molecule has 3 aromatic heterocycles. The summed E-state index contributed by atoms with van der Waals surface area (Å²) in [6, 6.07) is 17.5. The number of thiophene rings is 1. The van der Waals surface area contributed by atoms with Gasteiger partial charge >= 0.3 is 0 Å². The summed E-state index contributed by atoms with van der Waals surface area (Å²) in [7, 11) is 0. The summed E-state index contributed by atoms with van der Waals surface area (Å²) in [6.45, 7) is 1.89. The quantitative estimate of drug-likeness (QED) is 0.329. The second-order valence-corrected chi connectivity index (χ2v) is 8.95. The molecule has 1 aliphatic heterocycles. The predicted octanol–water partition coefficient (Wildman–Crippen LogP) is 5.49. The maximum Gasteiger partial charge on any atom is 0.259 e. The number of amides is 2. The van der Waals surface area contributed by atoms with E-state index in [1.54, 1.807) is 55.5 Å². The van der Waals surface area contributed by atoms with E-state index in [1.165, 1.54) is 11.3 Å². The van der Waals surface area contributed by atoms with Crippen molar-refractivity contribution < 1.29 is 23.6 Å². The fourth-order valence-corrected chi connectivity index (χ4v) is 4.66. The number of nitrogens with one attached hydrogen (secondary N) is 2. The van der Waals surface area contributed by atoms with E-state index in [2.05, 4.69) is 20.8 Å². The van der Waals surface area contributed by atoms with Crippen LogP contribution < -0.4 is 20.1 Å². The van der Waals surface area contributed by atoms with Crippen LogP contribution in [0.15, 0.2) is 70.6 Å². The topological polar surface area (TPSA) is 116 Å². The number of benzene rings is 2. The van der Waals surface area contributed by atoms with Crippen LogP contribution in [0.3, 0.4) is 0 Å². The number of aryl methyl sites for hydroxylation is 1. The van der Waals surface area contributed by atoms with Gasteiger partial charge in [-0.25, -0.2) is 4.98 Å². The molecule has 0 atom stereocenters. The normalized spacial score (nSPS) is 12.0. The highest BCUT2D eigenvalue weighted by molar-refractivity contribution is 7.13. The molecule has 0 unspecified atom stereocenters. The number of carbonyl (C=O) groups excluding carboxylic acids is 2. The van der Waals surface area contributed by atoms with Crippen molar-refractivity contribution in [1.82, 2.24) is 10.1 Å². The molecule has 0 bridgehead atoms. The summed E-state index contributed by atoms with van der Waals surface area (Å²) in [5, 5.41) is 12.2. The molecule has 2 aromatic carbocycles. The Labute approximate surface area is 208 Å². The van der Waals surface area contributed by atoms with Crippen LogP contribution in [0.4, 0.5) is 11.4 Å². The van der Waals surface area contributed by atoms with Crippen molar-refractivity contribution in [3.05, 3.63) is 82.9 Å². The van der Waals surface area contributed by atoms with Crippen LogP contribution in [0.2, 0.25) is 0 Å². The summed E-state index contributed by atoms with van der Waals surface area (Å²) in [4.78, 5) is 32.0. The summed E-state index contributed by atoms with van der Waals surface area (Å²) < 4.78 is 16.1. The molecule has 2 N–H and O–H groups in total. The van der Waals surface area contributed by atoms with Gasteiger partial charge in [-0.3, -0.25) is 9.59 Å². The molecule has 1 aliphatic rings. The van der Waals surface area contributed by atoms with E-state index in [-0.39, 0.29) is 18.4 Å². The number of hydrogen-bond acceptors (Lipinski definition) is 8. The third kappa shape index (κ3) is 3.93. The zero-order chi connectivity index (χ0) is 24.6. The Morgan fingerprint density at radius 1 is 0.917 bits per heavy atom. The number of pyridine rings is 1. The number of aromatic nitrogens is 2. The molecule has 10 heteroatoms. The van der Waals surface area contributed by atoms with Gasteiger partial charge in [-0.1, -0.05) is 23.4 Å². The Morgan fingerprint density at radius 3 is 2.61 bits per heavy atom. The first-order valence-electron chi connectivity index (χ1n) is 11.0. The third-order valence-corrected chi connectivity index (χ3v) is 6.58. The lowest BCUT2D eigenvalue weighted by Gasteiger charge is -2.12. The van der Waals surface area contributed by atoms with Gasteiger partial charge in [0.15, 0.2) is 11.5 Å². The van der Waals surface area contributed by atoms with Crippen LogP contribution >= 0.6 is 11.3 Å². The van der Waals surface area contributed by atoms with Crippen LogP contribution in [0.5, 0.6) is 11.5 Å². The molecular weight excluding hydrogens is 480 g/mol. The van der Waals surface area contributed by atoms with Crippen LogP contribution in [-0.2, 0) is 0 Å². The number of rotatable bonds is 5. The van der Waals surface area contributed by atoms with Crippen molar-refractivity contribution >= 4 is 45.6 Å². The van der Waals surface area contributed by atoms with Crippen molar-refractivity contribution in [3.63, 3.8) is 0 Å². The van der Waals surface area contributed by atoms with Crippen LogP contribution in [-0.4, -0.2) is 28.7 Å². The van der Waals surface area contributed by atoms with Gasteiger partial charge in [0, 0.05) is 11.8 Å². The maximum atomic E-state index is 13.5. The molecule has 36 heavy (non-hydrogen) atoms. The monoisotopic (exact) mass is 498 g/mol. The minimum Gasteiger partial charge on any atom is -0.454 e. The molecule has 6 rings (SSSR count). The van der Waals surface area contributed by atoms with Crippen molar-refractivity contribution in [3.8, 4) is 22.1 Å². The van der Waals surface area contributed by atoms with Crippen molar-refractivity contribution in [2.45, 2.75) is 6.92 Å². The van der Waals surface area contributed by atoms with Gasteiger partial charge in [0.2, 0.25) is 6.79 Å². The smallest absolute Gasteiger partial charge is 0.259 e. The van der Waals surface area contributed by atoms with Crippen LogP contribution in [0, 0.1) is 6.92 Å². The van der Waals surface area contributed by atoms with E-state index in [9.17, 15) is 9.59 Å². The van der Waals surface area contributed by atoms with E-state index < -0.39 is 5.91 Å². The molecule has 0 aliphatic carbocycles. The van der Waals surface area contributed by atoms with Gasteiger partial charge in [-0.2, -0.15) is 0 Å². The largest absolute Gasteiger partial charge is 0.454 e. The maximum absolute atomic E-state index is 13.5. The van der Waals surface area contributed by atoms with E-state index in [0.29, 0.717) is 50.8 Å². The molecule has 4 heterocycles. The average Bonchev–Trinajstić information content (AvgIpc) is 3.65. The average molecular weight is 499 g/mol. The SMILES string of the molecule is Cc1noc2nc(-c3cccs3)cc(C(=O)Nc3ccccc3C(=O)Nc3ccc4c(c3)OCO4)c12. The van der Waals surface area contributed by atoms with Crippen LogP contribution in [0.1, 0.15) is 26.4 Å². The molecule has 0 fully saturated rings. The highest BCUT2D eigenvalue weighted by Gasteiger charge is 2.22. The standard InChI is InChI=1S/C26H18N4O5S/c1-14-23-17(12-19(22-7-4-10-36-22)29-26(23)35-30-14)25(32)28-18-6-3-2-5-16(18)24(31)27-15-8-9-20-21(11-15)34-13-33-20/h2-12H,13H2,1H3,(H,27,31)(H,28,32). The lowest BCUT2D eigenvalue weighted by Crippen LogP contribution is -2.18. The number of carbonyl (C=O) groups is 2. The molecule has 5 aromatic rings. The van der Waals surface area contributed by atoms with Gasteiger partial charge in [-0.05, 0) is 48.7 Å². The fraction of sp³-hybridized carbons (Fsp3) is 0.0769. The summed E-state index contributed by atoms with van der Waals surface area (Å²) >= 11 is 1.50. The minimum absolute atomic E-state index is 0.143.